The predicted molar refractivity (Wildman–Crippen MR) is 208 cm³/mol. The Hall–Kier alpha value is -5.46. The molecule has 0 spiro atoms. The van der Waals surface area contributed by atoms with Crippen molar-refractivity contribution in [3.05, 3.63) is 59.2 Å². The monoisotopic (exact) mass is 818 g/mol. The van der Waals surface area contributed by atoms with Crippen molar-refractivity contribution in [3.63, 3.8) is 0 Å². The molecule has 7 heterocycles. The Morgan fingerprint density at radius 1 is 0.627 bits per heavy atom. The quantitative estimate of drug-likeness (QED) is 0.276. The molecule has 2 aromatic heterocycles. The number of likely N-dealkylation sites (tertiary alicyclic amines) is 2. The summed E-state index contributed by atoms with van der Waals surface area (Å²) in [7, 11) is 2.00. The lowest BCUT2D eigenvalue weighted by Crippen LogP contribution is -2.46. The third-order valence-corrected chi connectivity index (χ3v) is 10.6. The maximum atomic E-state index is 13.3. The second-order valence-electron chi connectivity index (χ2n) is 14.9. The van der Waals surface area contributed by atoms with Crippen molar-refractivity contribution in [2.45, 2.75) is 91.4 Å². The topological polar surface area (TPSA) is 200 Å². The lowest BCUT2D eigenvalue weighted by atomic mass is 9.97. The Balaban J connectivity index is 0.000000290. The number of carbonyl (C=O) groups excluding carboxylic acids is 8. The smallest absolute Gasteiger partial charge is 0.336 e. The van der Waals surface area contributed by atoms with Crippen LogP contribution in [-0.2, 0) is 74.2 Å². The minimum Gasteiger partial charge on any atom is -0.342 e. The summed E-state index contributed by atoms with van der Waals surface area (Å²) >= 11 is 0. The first-order valence-corrected chi connectivity index (χ1v) is 20.3. The maximum absolute atomic E-state index is 13.3. The van der Waals surface area contributed by atoms with Crippen LogP contribution in [0.25, 0.3) is 0 Å². The summed E-state index contributed by atoms with van der Waals surface area (Å²) < 4.78 is 0. The molecule has 318 valence electrons. The number of pyridine rings is 2. The molecule has 4 fully saturated rings. The number of piperidine rings is 2. The fourth-order valence-corrected chi connectivity index (χ4v) is 7.33. The number of rotatable bonds is 8. The van der Waals surface area contributed by atoms with E-state index in [0.717, 1.165) is 42.2 Å². The molecule has 59 heavy (non-hydrogen) atoms. The number of fused-ring (bicyclic) bond motifs is 4. The van der Waals surface area contributed by atoms with Gasteiger partial charge in [-0.1, -0.05) is 26.0 Å². The molecule has 0 aliphatic carbocycles. The minimum absolute atomic E-state index is 0.0494. The highest BCUT2D eigenvalue weighted by atomic mass is 16.7. The van der Waals surface area contributed by atoms with E-state index in [1.807, 2.05) is 67.1 Å². The fraction of sp³-hybridized carbons (Fsp3) is 0.561. The molecule has 4 bridgehead atoms. The van der Waals surface area contributed by atoms with E-state index in [1.165, 1.54) is 0 Å². The SMILES string of the molecule is CC.CN1CCC(C(=O)ON2C(=O)CCC2=O)CC1.O=CCN1Cc2cccc(n2)CN(CC(=O)N2CCC(C(=O)ON3C(=O)CCC3=O)CC2)Cc2cccc(n2)C1. The maximum Gasteiger partial charge on any atom is 0.336 e. The Bertz CT molecular complexity index is 1780. The van der Waals surface area contributed by atoms with Crippen LogP contribution in [0.3, 0.4) is 0 Å². The summed E-state index contributed by atoms with van der Waals surface area (Å²) in [5, 5.41) is 1.20. The average molecular weight is 819 g/mol. The third kappa shape index (κ3) is 12.5. The summed E-state index contributed by atoms with van der Waals surface area (Å²) in [4.78, 5) is 122. The van der Waals surface area contributed by atoms with Gasteiger partial charge in [-0.3, -0.25) is 43.7 Å². The number of hydrogen-bond donors (Lipinski definition) is 0. The van der Waals surface area contributed by atoms with Gasteiger partial charge in [0.2, 0.25) is 5.91 Å². The van der Waals surface area contributed by atoms with Gasteiger partial charge in [0.1, 0.15) is 6.29 Å². The van der Waals surface area contributed by atoms with Gasteiger partial charge in [-0.25, -0.2) is 9.59 Å². The van der Waals surface area contributed by atoms with Crippen LogP contribution in [0.2, 0.25) is 0 Å². The lowest BCUT2D eigenvalue weighted by molar-refractivity contribution is -0.201. The lowest BCUT2D eigenvalue weighted by Gasteiger charge is -2.33. The highest BCUT2D eigenvalue weighted by molar-refractivity contribution is 6.02. The van der Waals surface area contributed by atoms with Crippen molar-refractivity contribution in [2.75, 3.05) is 46.3 Å². The molecule has 5 aliphatic rings. The molecule has 0 radical (unpaired) electrons. The summed E-state index contributed by atoms with van der Waals surface area (Å²) in [5.41, 5.74) is 3.32. The highest BCUT2D eigenvalue weighted by Crippen LogP contribution is 2.23. The summed E-state index contributed by atoms with van der Waals surface area (Å²) in [5.74, 6) is -3.66. The number of aromatic nitrogens is 2. The van der Waals surface area contributed by atoms with Crippen LogP contribution in [0, 0.1) is 11.8 Å². The number of carbonyl (C=O) groups is 8. The van der Waals surface area contributed by atoms with Crippen LogP contribution >= 0.6 is 0 Å². The van der Waals surface area contributed by atoms with E-state index in [2.05, 4.69) is 4.90 Å². The average Bonchev–Trinajstić information content (AvgIpc) is 3.72. The molecule has 7 rings (SSSR count). The predicted octanol–water partition coefficient (Wildman–Crippen LogP) is 1.80. The van der Waals surface area contributed by atoms with Gasteiger partial charge in [-0.05, 0) is 70.1 Å². The minimum atomic E-state index is -0.609. The molecule has 5 aliphatic heterocycles. The Morgan fingerprint density at radius 2 is 1.00 bits per heavy atom. The van der Waals surface area contributed by atoms with Crippen LogP contribution in [0.1, 0.15) is 88.0 Å². The third-order valence-electron chi connectivity index (χ3n) is 10.6. The zero-order valence-corrected chi connectivity index (χ0v) is 34.1. The van der Waals surface area contributed by atoms with Gasteiger partial charge in [0.25, 0.3) is 23.6 Å². The van der Waals surface area contributed by atoms with Gasteiger partial charge >= 0.3 is 11.9 Å². The van der Waals surface area contributed by atoms with Crippen LogP contribution in [0.5, 0.6) is 0 Å². The summed E-state index contributed by atoms with van der Waals surface area (Å²) in [6.45, 7) is 8.76. The zero-order valence-electron chi connectivity index (χ0n) is 34.1. The van der Waals surface area contributed by atoms with E-state index in [4.69, 9.17) is 19.6 Å². The van der Waals surface area contributed by atoms with Gasteiger partial charge in [0.15, 0.2) is 0 Å². The normalized spacial score (nSPS) is 19.8. The van der Waals surface area contributed by atoms with Gasteiger partial charge in [0, 0.05) is 65.0 Å². The van der Waals surface area contributed by atoms with Crippen LogP contribution in [0.15, 0.2) is 36.4 Å². The van der Waals surface area contributed by atoms with Gasteiger partial charge in [0.05, 0.1) is 47.7 Å². The highest BCUT2D eigenvalue weighted by Gasteiger charge is 2.37. The van der Waals surface area contributed by atoms with Gasteiger partial charge < -0.3 is 24.3 Å². The molecule has 0 unspecified atom stereocenters. The first-order valence-electron chi connectivity index (χ1n) is 20.3. The second kappa shape index (κ2) is 21.5. The summed E-state index contributed by atoms with van der Waals surface area (Å²) in [6, 6.07) is 11.6. The van der Waals surface area contributed by atoms with Crippen molar-refractivity contribution >= 4 is 47.8 Å². The van der Waals surface area contributed by atoms with E-state index in [-0.39, 0.29) is 50.6 Å². The molecular weight excluding hydrogens is 764 g/mol. The second-order valence-corrected chi connectivity index (χ2v) is 14.9. The molecule has 2 aromatic rings. The first-order chi connectivity index (χ1) is 28.4. The molecular formula is C41H54N8O10. The van der Waals surface area contributed by atoms with E-state index in [1.54, 1.807) is 4.90 Å². The molecule has 18 nitrogen and oxygen atoms in total. The molecule has 5 amide bonds. The van der Waals surface area contributed by atoms with Crippen molar-refractivity contribution in [3.8, 4) is 0 Å². The first kappa shape index (κ1) is 44.6. The fourth-order valence-electron chi connectivity index (χ4n) is 7.33. The van der Waals surface area contributed by atoms with Crippen LogP contribution in [0.4, 0.5) is 0 Å². The van der Waals surface area contributed by atoms with E-state index in [9.17, 15) is 38.4 Å². The molecule has 4 saturated heterocycles. The number of aldehydes is 1. The molecule has 0 saturated carbocycles. The Labute approximate surface area is 343 Å². The summed E-state index contributed by atoms with van der Waals surface area (Å²) in [6.07, 6.45) is 3.47. The van der Waals surface area contributed by atoms with Crippen molar-refractivity contribution in [2.24, 2.45) is 11.8 Å². The Morgan fingerprint density at radius 3 is 1.39 bits per heavy atom. The molecule has 0 atom stereocenters. The van der Waals surface area contributed by atoms with Crippen molar-refractivity contribution in [1.82, 2.24) is 39.7 Å². The van der Waals surface area contributed by atoms with Gasteiger partial charge in [-0.15, -0.1) is 10.1 Å². The molecule has 0 N–H and O–H groups in total. The number of hydroxylamine groups is 4. The van der Waals surface area contributed by atoms with Crippen LogP contribution < -0.4 is 0 Å². The standard InChI is InChI=1S/C28H32N6O6.C11H16N2O4.C2H6/c35-14-13-31-15-21-3-1-5-23(29-21)17-32(18-24-6-2-4-22(16-31)30-24)19-27(38)33-11-9-20(10-12-33)28(39)40-34-25(36)7-8-26(34)37;1-12-6-4-8(5-7-12)11(16)17-13-9(14)2-3-10(13)15;1-2/h1-6,14,20H,7-13,15-19H2;8H,2-7H2,1H3;1-2H3. The van der Waals surface area contributed by atoms with Crippen LogP contribution in [-0.4, -0.2) is 134 Å². The Kier molecular flexibility index (Phi) is 16.3. The van der Waals surface area contributed by atoms with Crippen molar-refractivity contribution < 1.29 is 48.0 Å². The number of hydrogen-bond acceptors (Lipinski definition) is 15. The molecule has 0 aromatic carbocycles. The zero-order chi connectivity index (χ0) is 42.5. The van der Waals surface area contributed by atoms with E-state index in [0.29, 0.717) is 75.1 Å². The molecule has 18 heteroatoms. The number of amides is 5. The van der Waals surface area contributed by atoms with Crippen molar-refractivity contribution in [1.29, 1.82) is 0 Å². The van der Waals surface area contributed by atoms with E-state index < -0.39 is 41.5 Å². The van der Waals surface area contributed by atoms with E-state index >= 15 is 0 Å². The largest absolute Gasteiger partial charge is 0.342 e. The number of imide groups is 2. The number of nitrogens with zero attached hydrogens (tertiary/aromatic N) is 8. The van der Waals surface area contributed by atoms with Gasteiger partial charge in [-0.2, -0.15) is 0 Å².